The molecular formula is C15H20N2O. The van der Waals surface area contributed by atoms with Crippen molar-refractivity contribution in [1.29, 1.82) is 0 Å². The average molecular weight is 244 g/mol. The van der Waals surface area contributed by atoms with Crippen LogP contribution in [0.25, 0.3) is 10.9 Å². The third-order valence-electron chi connectivity index (χ3n) is 3.94. The molecule has 18 heavy (non-hydrogen) atoms. The lowest BCUT2D eigenvalue weighted by molar-refractivity contribution is 0.415. The minimum absolute atomic E-state index is 0.747. The normalized spacial score (nSPS) is 15.3. The van der Waals surface area contributed by atoms with E-state index in [0.717, 1.165) is 18.3 Å². The molecule has 1 aliphatic rings. The van der Waals surface area contributed by atoms with Gasteiger partial charge in [-0.05, 0) is 43.5 Å². The van der Waals surface area contributed by atoms with Gasteiger partial charge in [-0.3, -0.25) is 0 Å². The van der Waals surface area contributed by atoms with Crippen LogP contribution < -0.4 is 10.1 Å². The maximum atomic E-state index is 5.31. The van der Waals surface area contributed by atoms with Crippen LogP contribution in [0.4, 0.5) is 0 Å². The maximum Gasteiger partial charge on any atom is 0.119 e. The molecule has 0 saturated heterocycles. The van der Waals surface area contributed by atoms with Crippen molar-refractivity contribution in [2.24, 2.45) is 7.05 Å². The van der Waals surface area contributed by atoms with E-state index in [9.17, 15) is 0 Å². The predicted molar refractivity (Wildman–Crippen MR) is 74.1 cm³/mol. The van der Waals surface area contributed by atoms with Crippen LogP contribution in [0.3, 0.4) is 0 Å². The van der Waals surface area contributed by atoms with Crippen LogP contribution in [0, 0.1) is 6.92 Å². The fourth-order valence-electron chi connectivity index (χ4n) is 2.57. The summed E-state index contributed by atoms with van der Waals surface area (Å²) >= 11 is 0. The molecule has 0 atom stereocenters. The molecule has 1 fully saturated rings. The highest BCUT2D eigenvalue weighted by Gasteiger charge is 2.21. The molecule has 0 radical (unpaired) electrons. The smallest absolute Gasteiger partial charge is 0.119 e. The summed E-state index contributed by atoms with van der Waals surface area (Å²) in [6, 6.07) is 7.05. The summed E-state index contributed by atoms with van der Waals surface area (Å²) in [5, 5.41) is 4.89. The fourth-order valence-corrected chi connectivity index (χ4v) is 2.57. The molecule has 0 spiro atoms. The van der Waals surface area contributed by atoms with Crippen molar-refractivity contribution in [2.45, 2.75) is 32.4 Å². The van der Waals surface area contributed by atoms with Gasteiger partial charge in [0.1, 0.15) is 5.75 Å². The molecular weight excluding hydrogens is 224 g/mol. The number of ether oxygens (including phenoxy) is 1. The van der Waals surface area contributed by atoms with Gasteiger partial charge < -0.3 is 14.6 Å². The topological polar surface area (TPSA) is 26.2 Å². The summed E-state index contributed by atoms with van der Waals surface area (Å²) in [6.45, 7) is 3.16. The first-order valence-electron chi connectivity index (χ1n) is 6.56. The molecule has 0 aliphatic heterocycles. The first-order chi connectivity index (χ1) is 8.70. The van der Waals surface area contributed by atoms with Gasteiger partial charge in [0.05, 0.1) is 7.11 Å². The van der Waals surface area contributed by atoms with Crippen LogP contribution in [0.15, 0.2) is 18.2 Å². The zero-order chi connectivity index (χ0) is 12.7. The Hall–Kier alpha value is -1.48. The standard InChI is InChI=1S/C15H20N2O/c1-10-13-8-12(18-3)6-7-14(13)17(2)15(10)9-16-11-4-5-11/h6-8,11,16H,4-5,9H2,1-3H3. The summed E-state index contributed by atoms with van der Waals surface area (Å²) in [5.41, 5.74) is 4.02. The molecule has 1 aromatic carbocycles. The Labute approximate surface area is 108 Å². The Morgan fingerprint density at radius 1 is 1.39 bits per heavy atom. The quantitative estimate of drug-likeness (QED) is 0.895. The first kappa shape index (κ1) is 11.6. The Kier molecular flexibility index (Phi) is 2.78. The maximum absolute atomic E-state index is 5.31. The number of aryl methyl sites for hydroxylation is 2. The zero-order valence-electron chi connectivity index (χ0n) is 11.3. The second-order valence-corrected chi connectivity index (χ2v) is 5.17. The van der Waals surface area contributed by atoms with Crippen LogP contribution in [-0.4, -0.2) is 17.7 Å². The number of rotatable bonds is 4. The first-order valence-corrected chi connectivity index (χ1v) is 6.56. The van der Waals surface area contributed by atoms with E-state index in [1.807, 2.05) is 6.07 Å². The second kappa shape index (κ2) is 4.32. The van der Waals surface area contributed by atoms with E-state index in [-0.39, 0.29) is 0 Å². The number of hydrogen-bond acceptors (Lipinski definition) is 2. The summed E-state index contributed by atoms with van der Waals surface area (Å²) < 4.78 is 7.60. The van der Waals surface area contributed by atoms with Gasteiger partial charge in [0.15, 0.2) is 0 Å². The Bertz CT molecular complexity index is 582. The minimum Gasteiger partial charge on any atom is -0.497 e. The molecule has 3 heteroatoms. The number of aromatic nitrogens is 1. The lowest BCUT2D eigenvalue weighted by atomic mass is 10.1. The highest BCUT2D eigenvalue weighted by Crippen LogP contribution is 2.29. The summed E-state index contributed by atoms with van der Waals surface area (Å²) in [4.78, 5) is 0. The van der Waals surface area contributed by atoms with Crippen molar-refractivity contribution < 1.29 is 4.74 Å². The monoisotopic (exact) mass is 244 g/mol. The SMILES string of the molecule is COc1ccc2c(c1)c(C)c(CNC1CC1)n2C. The Morgan fingerprint density at radius 2 is 2.17 bits per heavy atom. The average Bonchev–Trinajstić information content (AvgIpc) is 3.18. The Morgan fingerprint density at radius 3 is 2.83 bits per heavy atom. The van der Waals surface area contributed by atoms with Gasteiger partial charge in [-0.2, -0.15) is 0 Å². The second-order valence-electron chi connectivity index (χ2n) is 5.17. The molecule has 3 nitrogen and oxygen atoms in total. The number of benzene rings is 1. The van der Waals surface area contributed by atoms with E-state index in [2.05, 4.69) is 36.0 Å². The van der Waals surface area contributed by atoms with E-state index < -0.39 is 0 Å². The van der Waals surface area contributed by atoms with Gasteiger partial charge >= 0.3 is 0 Å². The number of nitrogens with zero attached hydrogens (tertiary/aromatic N) is 1. The van der Waals surface area contributed by atoms with Crippen molar-refractivity contribution in [1.82, 2.24) is 9.88 Å². The van der Waals surface area contributed by atoms with Crippen LogP contribution >= 0.6 is 0 Å². The molecule has 0 bridgehead atoms. The molecule has 1 aliphatic carbocycles. The van der Waals surface area contributed by atoms with Crippen LogP contribution in [0.2, 0.25) is 0 Å². The van der Waals surface area contributed by atoms with Gasteiger partial charge in [0, 0.05) is 36.2 Å². The molecule has 1 saturated carbocycles. The van der Waals surface area contributed by atoms with Gasteiger partial charge in [-0.25, -0.2) is 0 Å². The van der Waals surface area contributed by atoms with E-state index in [1.54, 1.807) is 7.11 Å². The molecule has 1 heterocycles. The highest BCUT2D eigenvalue weighted by molar-refractivity contribution is 5.86. The molecule has 0 unspecified atom stereocenters. The largest absolute Gasteiger partial charge is 0.497 e. The fraction of sp³-hybridized carbons (Fsp3) is 0.467. The number of nitrogens with one attached hydrogen (secondary N) is 1. The molecule has 0 amide bonds. The van der Waals surface area contributed by atoms with E-state index >= 15 is 0 Å². The highest BCUT2D eigenvalue weighted by atomic mass is 16.5. The van der Waals surface area contributed by atoms with Gasteiger partial charge in [-0.1, -0.05) is 0 Å². The van der Waals surface area contributed by atoms with Crippen LogP contribution in [0.5, 0.6) is 5.75 Å². The van der Waals surface area contributed by atoms with Crippen molar-refractivity contribution in [3.05, 3.63) is 29.5 Å². The minimum atomic E-state index is 0.747. The van der Waals surface area contributed by atoms with E-state index in [4.69, 9.17) is 4.74 Å². The molecule has 3 rings (SSSR count). The molecule has 2 aromatic rings. The van der Waals surface area contributed by atoms with E-state index in [0.29, 0.717) is 0 Å². The van der Waals surface area contributed by atoms with Crippen LogP contribution in [-0.2, 0) is 13.6 Å². The summed E-state index contributed by atoms with van der Waals surface area (Å²) in [7, 11) is 3.86. The van der Waals surface area contributed by atoms with Gasteiger partial charge in [-0.15, -0.1) is 0 Å². The van der Waals surface area contributed by atoms with Crippen molar-refractivity contribution in [2.75, 3.05) is 7.11 Å². The molecule has 1 N–H and O–H groups in total. The van der Waals surface area contributed by atoms with Gasteiger partial charge in [0.25, 0.3) is 0 Å². The van der Waals surface area contributed by atoms with E-state index in [1.165, 1.54) is 35.0 Å². The number of methoxy groups -OCH3 is 1. The lowest BCUT2D eigenvalue weighted by Crippen LogP contribution is -2.17. The van der Waals surface area contributed by atoms with Crippen LogP contribution in [0.1, 0.15) is 24.1 Å². The summed E-state index contributed by atoms with van der Waals surface area (Å²) in [5.74, 6) is 0.929. The molecule has 96 valence electrons. The third kappa shape index (κ3) is 1.89. The van der Waals surface area contributed by atoms with Crippen molar-refractivity contribution in [3.63, 3.8) is 0 Å². The Balaban J connectivity index is 2.01. The zero-order valence-corrected chi connectivity index (χ0v) is 11.3. The third-order valence-corrected chi connectivity index (χ3v) is 3.94. The number of fused-ring (bicyclic) bond motifs is 1. The van der Waals surface area contributed by atoms with Crippen molar-refractivity contribution >= 4 is 10.9 Å². The predicted octanol–water partition coefficient (Wildman–Crippen LogP) is 2.75. The molecule has 1 aromatic heterocycles. The lowest BCUT2D eigenvalue weighted by Gasteiger charge is -2.06. The number of hydrogen-bond donors (Lipinski definition) is 1. The van der Waals surface area contributed by atoms with Crippen molar-refractivity contribution in [3.8, 4) is 5.75 Å². The summed E-state index contributed by atoms with van der Waals surface area (Å²) in [6.07, 6.45) is 2.66. The van der Waals surface area contributed by atoms with Gasteiger partial charge in [0.2, 0.25) is 0 Å².